The highest BCUT2D eigenvalue weighted by molar-refractivity contribution is 6.30. The summed E-state index contributed by atoms with van der Waals surface area (Å²) in [5, 5.41) is 12.6. The quantitative estimate of drug-likeness (QED) is 0.886. The molecular weight excluding hydrogens is 318 g/mol. The molecule has 1 aromatic heterocycles. The number of pyridine rings is 1. The lowest BCUT2D eigenvalue weighted by Gasteiger charge is -2.29. The molecule has 0 fully saturated rings. The topological polar surface area (TPSA) is 82.5 Å². The Morgan fingerprint density at radius 1 is 1.22 bits per heavy atom. The van der Waals surface area contributed by atoms with Crippen molar-refractivity contribution in [1.82, 2.24) is 9.88 Å². The largest absolute Gasteiger partial charge is 0.478 e. The molecule has 0 saturated carbocycles. The normalized spacial score (nSPS) is 13.3. The van der Waals surface area contributed by atoms with Crippen LogP contribution in [0.4, 0.5) is 10.5 Å². The van der Waals surface area contributed by atoms with Gasteiger partial charge in [-0.1, -0.05) is 11.6 Å². The lowest BCUT2D eigenvalue weighted by molar-refractivity contribution is 0.0694. The molecule has 7 heteroatoms. The predicted molar refractivity (Wildman–Crippen MR) is 85.8 cm³/mol. The summed E-state index contributed by atoms with van der Waals surface area (Å²) in [5.41, 5.74) is 2.38. The van der Waals surface area contributed by atoms with Gasteiger partial charge in [0.1, 0.15) is 0 Å². The van der Waals surface area contributed by atoms with Crippen LogP contribution in [0.1, 0.15) is 21.5 Å². The van der Waals surface area contributed by atoms with Gasteiger partial charge in [-0.2, -0.15) is 0 Å². The highest BCUT2D eigenvalue weighted by Crippen LogP contribution is 2.22. The number of carboxylic acids is 1. The first kappa shape index (κ1) is 15.3. The number of aromatic nitrogens is 1. The molecule has 3 rings (SSSR count). The minimum absolute atomic E-state index is 0.209. The first-order valence-electron chi connectivity index (χ1n) is 7.05. The molecule has 2 N–H and O–H groups in total. The fourth-order valence-corrected chi connectivity index (χ4v) is 2.71. The molecule has 2 heterocycles. The molecule has 0 spiro atoms. The van der Waals surface area contributed by atoms with E-state index in [1.807, 2.05) is 0 Å². The zero-order valence-electron chi connectivity index (χ0n) is 12.1. The van der Waals surface area contributed by atoms with Gasteiger partial charge in [0.15, 0.2) is 0 Å². The van der Waals surface area contributed by atoms with Gasteiger partial charge in [0.2, 0.25) is 0 Å². The number of nitrogens with one attached hydrogen (secondary N) is 1. The highest BCUT2D eigenvalue weighted by Gasteiger charge is 2.24. The van der Waals surface area contributed by atoms with Gasteiger partial charge in [-0.3, -0.25) is 4.98 Å². The van der Waals surface area contributed by atoms with Crippen molar-refractivity contribution in [2.45, 2.75) is 13.0 Å². The average Bonchev–Trinajstić information content (AvgIpc) is 2.55. The van der Waals surface area contributed by atoms with Crippen molar-refractivity contribution in [2.75, 3.05) is 11.9 Å². The lowest BCUT2D eigenvalue weighted by atomic mass is 9.97. The molecule has 0 bridgehead atoms. The van der Waals surface area contributed by atoms with E-state index in [4.69, 9.17) is 11.6 Å². The molecule has 23 heavy (non-hydrogen) atoms. The number of nitrogens with zero attached hydrogens (tertiary/aromatic N) is 2. The average molecular weight is 332 g/mol. The van der Waals surface area contributed by atoms with Crippen molar-refractivity contribution < 1.29 is 14.7 Å². The highest BCUT2D eigenvalue weighted by atomic mass is 35.5. The van der Waals surface area contributed by atoms with Gasteiger partial charge in [-0.25, -0.2) is 9.59 Å². The molecule has 2 aromatic rings. The number of hydrogen-bond donors (Lipinski definition) is 2. The van der Waals surface area contributed by atoms with Crippen molar-refractivity contribution >= 4 is 29.3 Å². The van der Waals surface area contributed by atoms with Gasteiger partial charge in [0, 0.05) is 36.2 Å². The maximum Gasteiger partial charge on any atom is 0.337 e. The number of aromatic carboxylic acids is 1. The first-order chi connectivity index (χ1) is 11.0. The molecular formula is C16H14ClN3O3. The lowest BCUT2D eigenvalue weighted by Crippen LogP contribution is -2.39. The van der Waals surface area contributed by atoms with Crippen LogP contribution in [0.5, 0.6) is 0 Å². The molecule has 1 aliphatic heterocycles. The molecule has 6 nitrogen and oxygen atoms in total. The number of amides is 2. The Morgan fingerprint density at radius 3 is 2.65 bits per heavy atom. The van der Waals surface area contributed by atoms with Crippen molar-refractivity contribution in [3.63, 3.8) is 0 Å². The van der Waals surface area contributed by atoms with Gasteiger partial charge in [-0.15, -0.1) is 0 Å². The van der Waals surface area contributed by atoms with E-state index >= 15 is 0 Å². The number of carbonyl (C=O) groups excluding carboxylic acids is 1. The first-order valence-corrected chi connectivity index (χ1v) is 7.43. The summed E-state index contributed by atoms with van der Waals surface area (Å²) in [5.74, 6) is -0.992. The van der Waals surface area contributed by atoms with E-state index in [-0.39, 0.29) is 11.6 Å². The van der Waals surface area contributed by atoms with Gasteiger partial charge >= 0.3 is 12.0 Å². The van der Waals surface area contributed by atoms with E-state index in [1.165, 1.54) is 6.20 Å². The van der Waals surface area contributed by atoms with E-state index in [1.54, 1.807) is 35.4 Å². The SMILES string of the molecule is O=C(O)c1cncc2c1CCN(C(=O)Nc1ccc(Cl)cc1)C2. The van der Waals surface area contributed by atoms with Crippen LogP contribution < -0.4 is 5.32 Å². The minimum Gasteiger partial charge on any atom is -0.478 e. The number of benzene rings is 1. The summed E-state index contributed by atoms with van der Waals surface area (Å²) in [4.78, 5) is 29.1. The molecule has 0 saturated heterocycles. The maximum atomic E-state index is 12.3. The maximum absolute atomic E-state index is 12.3. The monoisotopic (exact) mass is 331 g/mol. The Labute approximate surface area is 137 Å². The van der Waals surface area contributed by atoms with Crippen LogP contribution in [-0.2, 0) is 13.0 Å². The fourth-order valence-electron chi connectivity index (χ4n) is 2.59. The van der Waals surface area contributed by atoms with E-state index in [0.717, 1.165) is 11.1 Å². The standard InChI is InChI=1S/C16H14ClN3O3/c17-11-1-3-12(4-2-11)19-16(23)20-6-5-13-10(9-20)7-18-8-14(13)15(21)22/h1-4,7-8H,5-6,9H2,(H,19,23)(H,21,22). The van der Waals surface area contributed by atoms with E-state index in [9.17, 15) is 14.7 Å². The summed E-state index contributed by atoms with van der Waals surface area (Å²) in [6.45, 7) is 0.791. The Morgan fingerprint density at radius 2 is 1.96 bits per heavy atom. The van der Waals surface area contributed by atoms with Gasteiger partial charge in [0.25, 0.3) is 0 Å². The molecule has 1 aliphatic rings. The predicted octanol–water partition coefficient (Wildman–Crippen LogP) is 3.02. The summed E-state index contributed by atoms with van der Waals surface area (Å²) in [7, 11) is 0. The smallest absolute Gasteiger partial charge is 0.337 e. The van der Waals surface area contributed by atoms with Crippen LogP contribution >= 0.6 is 11.6 Å². The fraction of sp³-hybridized carbons (Fsp3) is 0.188. The molecule has 0 atom stereocenters. The minimum atomic E-state index is -0.992. The molecule has 0 radical (unpaired) electrons. The van der Waals surface area contributed by atoms with Gasteiger partial charge in [0.05, 0.1) is 5.56 Å². The third-order valence-corrected chi connectivity index (χ3v) is 4.00. The Hall–Kier alpha value is -2.60. The zero-order chi connectivity index (χ0) is 16.4. The Balaban J connectivity index is 1.74. The Kier molecular flexibility index (Phi) is 4.16. The number of urea groups is 1. The van der Waals surface area contributed by atoms with Crippen LogP contribution in [-0.4, -0.2) is 33.5 Å². The van der Waals surface area contributed by atoms with Crippen LogP contribution in [0.3, 0.4) is 0 Å². The number of hydrogen-bond acceptors (Lipinski definition) is 3. The van der Waals surface area contributed by atoms with Crippen LogP contribution in [0.2, 0.25) is 5.02 Å². The second-order valence-electron chi connectivity index (χ2n) is 5.24. The third-order valence-electron chi connectivity index (χ3n) is 3.75. The van der Waals surface area contributed by atoms with Crippen molar-refractivity contribution in [3.05, 3.63) is 58.4 Å². The van der Waals surface area contributed by atoms with Crippen molar-refractivity contribution in [2.24, 2.45) is 0 Å². The summed E-state index contributed by atoms with van der Waals surface area (Å²) in [6, 6.07) is 6.61. The number of carboxylic acid groups (broad SMARTS) is 1. The summed E-state index contributed by atoms with van der Waals surface area (Å²) < 4.78 is 0. The molecule has 1 aromatic carbocycles. The van der Waals surface area contributed by atoms with Crippen LogP contribution in [0, 0.1) is 0 Å². The van der Waals surface area contributed by atoms with E-state index < -0.39 is 5.97 Å². The number of halogens is 1. The van der Waals surface area contributed by atoms with Crippen molar-refractivity contribution in [3.8, 4) is 0 Å². The molecule has 2 amide bonds. The van der Waals surface area contributed by atoms with Crippen LogP contribution in [0.25, 0.3) is 0 Å². The Bertz CT molecular complexity index is 762. The summed E-state index contributed by atoms with van der Waals surface area (Å²) in [6.07, 6.45) is 3.46. The third kappa shape index (κ3) is 3.27. The van der Waals surface area contributed by atoms with Gasteiger partial charge < -0.3 is 15.3 Å². The summed E-state index contributed by atoms with van der Waals surface area (Å²) >= 11 is 5.82. The van der Waals surface area contributed by atoms with Gasteiger partial charge in [-0.05, 0) is 41.8 Å². The second-order valence-corrected chi connectivity index (χ2v) is 5.67. The number of fused-ring (bicyclic) bond motifs is 1. The molecule has 0 unspecified atom stereocenters. The number of rotatable bonds is 2. The van der Waals surface area contributed by atoms with Crippen molar-refractivity contribution in [1.29, 1.82) is 0 Å². The molecule has 118 valence electrons. The number of anilines is 1. The number of carbonyl (C=O) groups is 2. The molecule has 0 aliphatic carbocycles. The second kappa shape index (κ2) is 6.26. The zero-order valence-corrected chi connectivity index (χ0v) is 12.9. The van der Waals surface area contributed by atoms with E-state index in [0.29, 0.717) is 30.2 Å². The van der Waals surface area contributed by atoms with E-state index in [2.05, 4.69) is 10.3 Å². The van der Waals surface area contributed by atoms with Crippen LogP contribution in [0.15, 0.2) is 36.7 Å².